The average Bonchev–Trinajstić information content (AvgIpc) is 3.22. The van der Waals surface area contributed by atoms with E-state index >= 15 is 0 Å². The van der Waals surface area contributed by atoms with E-state index in [2.05, 4.69) is 62.7 Å². The van der Waals surface area contributed by atoms with E-state index in [-0.39, 0.29) is 16.9 Å². The number of aryl methyl sites for hydroxylation is 3. The van der Waals surface area contributed by atoms with Gasteiger partial charge in [-0.15, -0.1) is 11.3 Å². The first kappa shape index (κ1) is 25.0. The molecule has 3 heterocycles. The number of fused-ring (bicyclic) bond motifs is 3. The topological polar surface area (TPSA) is 69.3 Å². The number of amides is 1. The summed E-state index contributed by atoms with van der Waals surface area (Å²) < 4.78 is 0. The van der Waals surface area contributed by atoms with Crippen molar-refractivity contribution < 1.29 is 4.79 Å². The molecular formula is C29H38N4O2S. The fourth-order valence-corrected chi connectivity index (χ4v) is 7.06. The third-order valence-corrected chi connectivity index (χ3v) is 9.47. The average molecular weight is 507 g/mol. The normalized spacial score (nSPS) is 18.5. The first-order valence-electron chi connectivity index (χ1n) is 13.2. The number of nitrogens with zero attached hydrogens (tertiary/aromatic N) is 3. The van der Waals surface area contributed by atoms with Crippen molar-refractivity contribution in [1.82, 2.24) is 14.9 Å². The van der Waals surface area contributed by atoms with Crippen LogP contribution in [0, 0.1) is 25.2 Å². The molecule has 0 bridgehead atoms. The van der Waals surface area contributed by atoms with Gasteiger partial charge in [0.2, 0.25) is 5.91 Å². The Balaban J connectivity index is 1.22. The van der Waals surface area contributed by atoms with Gasteiger partial charge in [0.15, 0.2) is 0 Å². The number of rotatable bonds is 4. The summed E-state index contributed by atoms with van der Waals surface area (Å²) in [5, 5.41) is 0.778. The molecule has 1 aromatic carbocycles. The molecule has 0 spiro atoms. The zero-order valence-electron chi connectivity index (χ0n) is 22.2. The third kappa shape index (κ3) is 4.82. The van der Waals surface area contributed by atoms with Crippen LogP contribution in [0.2, 0.25) is 0 Å². The van der Waals surface area contributed by atoms with E-state index in [0.29, 0.717) is 24.6 Å². The Morgan fingerprint density at radius 2 is 1.92 bits per heavy atom. The van der Waals surface area contributed by atoms with Gasteiger partial charge in [-0.3, -0.25) is 9.59 Å². The van der Waals surface area contributed by atoms with Crippen molar-refractivity contribution >= 4 is 33.1 Å². The fraction of sp³-hybridized carbons (Fsp3) is 0.552. The molecular weight excluding hydrogens is 468 g/mol. The van der Waals surface area contributed by atoms with E-state index in [1.165, 1.54) is 27.3 Å². The highest BCUT2D eigenvalue weighted by atomic mass is 32.1. The second-order valence-electron chi connectivity index (χ2n) is 11.6. The molecule has 1 atom stereocenters. The summed E-state index contributed by atoms with van der Waals surface area (Å²) in [6, 6.07) is 6.42. The first-order chi connectivity index (χ1) is 17.1. The Bertz CT molecular complexity index is 1340. The number of benzene rings is 1. The highest BCUT2D eigenvalue weighted by Crippen LogP contribution is 2.42. The quantitative estimate of drug-likeness (QED) is 0.539. The van der Waals surface area contributed by atoms with Crippen LogP contribution in [0.5, 0.6) is 0 Å². The van der Waals surface area contributed by atoms with Crippen LogP contribution in [0.1, 0.15) is 61.0 Å². The monoisotopic (exact) mass is 506 g/mol. The number of anilines is 1. The molecule has 1 aliphatic carbocycles. The maximum atomic E-state index is 13.0. The van der Waals surface area contributed by atoms with E-state index < -0.39 is 0 Å². The molecule has 0 unspecified atom stereocenters. The number of piperazine rings is 1. The van der Waals surface area contributed by atoms with E-state index in [0.717, 1.165) is 55.7 Å². The highest BCUT2D eigenvalue weighted by Gasteiger charge is 2.31. The minimum absolute atomic E-state index is 0.0451. The van der Waals surface area contributed by atoms with Crippen LogP contribution in [0.4, 0.5) is 5.69 Å². The minimum atomic E-state index is -0.0451. The molecule has 0 radical (unpaired) electrons. The Morgan fingerprint density at radius 3 is 2.64 bits per heavy atom. The predicted molar refractivity (Wildman–Crippen MR) is 148 cm³/mol. The van der Waals surface area contributed by atoms with E-state index in [9.17, 15) is 9.59 Å². The van der Waals surface area contributed by atoms with Crippen LogP contribution in [0.3, 0.4) is 0 Å². The number of thiophene rings is 1. The molecule has 1 amide bonds. The van der Waals surface area contributed by atoms with E-state index in [1.54, 1.807) is 11.3 Å². The number of aromatic nitrogens is 2. The lowest BCUT2D eigenvalue weighted by molar-refractivity contribution is -0.131. The van der Waals surface area contributed by atoms with E-state index in [4.69, 9.17) is 4.98 Å². The first-order valence-corrected chi connectivity index (χ1v) is 14.1. The molecule has 36 heavy (non-hydrogen) atoms. The van der Waals surface area contributed by atoms with Crippen LogP contribution in [0.25, 0.3) is 10.2 Å². The van der Waals surface area contributed by atoms with Crippen molar-refractivity contribution in [2.24, 2.45) is 11.3 Å². The van der Waals surface area contributed by atoms with Crippen LogP contribution >= 0.6 is 11.3 Å². The van der Waals surface area contributed by atoms with Crippen molar-refractivity contribution in [1.29, 1.82) is 0 Å². The third-order valence-electron chi connectivity index (χ3n) is 8.32. The van der Waals surface area contributed by atoms with Crippen LogP contribution in [-0.2, 0) is 24.1 Å². The number of aromatic amines is 1. The molecule has 1 aliphatic heterocycles. The molecule has 7 heteroatoms. The number of carbonyl (C=O) groups excluding carboxylic acids is 1. The summed E-state index contributed by atoms with van der Waals surface area (Å²) in [5.74, 6) is 1.39. The molecule has 2 aliphatic rings. The number of hydrogen-bond acceptors (Lipinski definition) is 5. The molecule has 5 rings (SSSR count). The lowest BCUT2D eigenvalue weighted by Crippen LogP contribution is -2.49. The number of carbonyl (C=O) groups is 1. The summed E-state index contributed by atoms with van der Waals surface area (Å²) in [5.41, 5.74) is 5.30. The highest BCUT2D eigenvalue weighted by molar-refractivity contribution is 7.18. The Kier molecular flexibility index (Phi) is 6.70. The number of nitrogens with one attached hydrogen (secondary N) is 1. The van der Waals surface area contributed by atoms with Crippen LogP contribution in [0.15, 0.2) is 23.0 Å². The summed E-state index contributed by atoms with van der Waals surface area (Å²) >= 11 is 1.68. The van der Waals surface area contributed by atoms with Crippen molar-refractivity contribution in [2.75, 3.05) is 31.1 Å². The van der Waals surface area contributed by atoms with Gasteiger partial charge in [-0.25, -0.2) is 4.98 Å². The Morgan fingerprint density at radius 1 is 1.17 bits per heavy atom. The van der Waals surface area contributed by atoms with Gasteiger partial charge in [-0.1, -0.05) is 32.9 Å². The standard InChI is InChI=1S/C29H38N4O2S/c1-18-7-6-8-22(19(18)2)32-13-15-33(16-14-32)25(34)12-11-24-30-27(35)26-21-10-9-20(29(3,4)5)17-23(21)36-28(26)31-24/h6-8,20H,9-17H2,1-5H3,(H,30,31,35)/t20-/m1/s1. The van der Waals surface area contributed by atoms with E-state index in [1.807, 2.05) is 4.90 Å². The van der Waals surface area contributed by atoms with Gasteiger partial charge in [-0.2, -0.15) is 0 Å². The molecule has 0 saturated carbocycles. The van der Waals surface area contributed by atoms with Crippen LogP contribution < -0.4 is 10.5 Å². The maximum absolute atomic E-state index is 13.0. The largest absolute Gasteiger partial charge is 0.368 e. The van der Waals surface area contributed by atoms with Gasteiger partial charge in [-0.05, 0) is 67.2 Å². The Labute approximate surface area is 217 Å². The Hall–Kier alpha value is -2.67. The molecule has 2 aromatic heterocycles. The van der Waals surface area contributed by atoms with Gasteiger partial charge in [0.25, 0.3) is 5.56 Å². The lowest BCUT2D eigenvalue weighted by Gasteiger charge is -2.37. The minimum Gasteiger partial charge on any atom is -0.368 e. The molecule has 6 nitrogen and oxygen atoms in total. The molecule has 1 fully saturated rings. The zero-order valence-corrected chi connectivity index (χ0v) is 23.1. The second-order valence-corrected chi connectivity index (χ2v) is 12.7. The van der Waals surface area contributed by atoms with Gasteiger partial charge in [0, 0.05) is 49.6 Å². The van der Waals surface area contributed by atoms with Crippen molar-refractivity contribution in [3.8, 4) is 0 Å². The van der Waals surface area contributed by atoms with Crippen molar-refractivity contribution in [3.05, 3.63) is 55.9 Å². The SMILES string of the molecule is Cc1cccc(N2CCN(C(=O)CCc3nc4sc5c(c4c(=O)[nH]3)CC[C@@H](C(C)(C)C)C5)CC2)c1C. The van der Waals surface area contributed by atoms with Crippen molar-refractivity contribution in [2.45, 2.75) is 66.7 Å². The number of hydrogen-bond donors (Lipinski definition) is 1. The maximum Gasteiger partial charge on any atom is 0.259 e. The predicted octanol–water partition coefficient (Wildman–Crippen LogP) is 5.03. The van der Waals surface area contributed by atoms with Gasteiger partial charge in [0.05, 0.1) is 5.39 Å². The second kappa shape index (κ2) is 9.66. The smallest absolute Gasteiger partial charge is 0.259 e. The van der Waals surface area contributed by atoms with Crippen LogP contribution in [-0.4, -0.2) is 47.0 Å². The summed E-state index contributed by atoms with van der Waals surface area (Å²) in [4.78, 5) is 40.2. The molecule has 1 N–H and O–H groups in total. The van der Waals surface area contributed by atoms with Crippen molar-refractivity contribution in [3.63, 3.8) is 0 Å². The molecule has 3 aromatic rings. The molecule has 192 valence electrons. The summed E-state index contributed by atoms with van der Waals surface area (Å²) in [6.07, 6.45) is 3.94. The zero-order chi connectivity index (χ0) is 25.6. The molecule has 1 saturated heterocycles. The van der Waals surface area contributed by atoms with Gasteiger partial charge >= 0.3 is 0 Å². The van der Waals surface area contributed by atoms with Gasteiger partial charge < -0.3 is 14.8 Å². The number of H-pyrrole nitrogens is 1. The fourth-order valence-electron chi connectivity index (χ4n) is 5.74. The summed E-state index contributed by atoms with van der Waals surface area (Å²) in [7, 11) is 0. The van der Waals surface area contributed by atoms with Gasteiger partial charge in [0.1, 0.15) is 10.7 Å². The lowest BCUT2D eigenvalue weighted by atomic mass is 9.72. The summed E-state index contributed by atoms with van der Waals surface area (Å²) in [6.45, 7) is 14.4.